The van der Waals surface area contributed by atoms with Crippen LogP contribution in [0.25, 0.3) is 0 Å². The van der Waals surface area contributed by atoms with Crippen LogP contribution in [0, 0.1) is 6.92 Å². The summed E-state index contributed by atoms with van der Waals surface area (Å²) < 4.78 is 13.6. The van der Waals surface area contributed by atoms with Crippen molar-refractivity contribution in [2.24, 2.45) is 4.99 Å². The van der Waals surface area contributed by atoms with Gasteiger partial charge in [0, 0.05) is 26.3 Å². The fraction of sp³-hybridized carbons (Fsp3) is 0.444. The van der Waals surface area contributed by atoms with Gasteiger partial charge in [-0.3, -0.25) is 9.67 Å². The molecule has 0 bridgehead atoms. The molecule has 1 aromatic carbocycles. The maximum absolute atomic E-state index is 5.93. The average molecular weight is 471 g/mol. The standard InChI is InChI=1S/C18H25N5O2.HI/c1-14-10-22-23(12-14)9-5-8-20-18(19-2)21-11-15-13-24-16-6-3-4-7-17(16)25-15;/h3-4,6-7,10,12,15H,5,8-9,11,13H2,1-2H3,(H2,19,20,21);1H. The van der Waals surface area contributed by atoms with Crippen molar-refractivity contribution in [3.8, 4) is 11.5 Å². The second kappa shape index (κ2) is 10.2. The molecule has 26 heavy (non-hydrogen) atoms. The molecule has 0 aliphatic carbocycles. The minimum absolute atomic E-state index is 0. The van der Waals surface area contributed by atoms with Gasteiger partial charge in [-0.15, -0.1) is 24.0 Å². The van der Waals surface area contributed by atoms with Gasteiger partial charge in [-0.1, -0.05) is 12.1 Å². The van der Waals surface area contributed by atoms with Gasteiger partial charge in [0.25, 0.3) is 0 Å². The first-order valence-electron chi connectivity index (χ1n) is 8.56. The van der Waals surface area contributed by atoms with Gasteiger partial charge >= 0.3 is 0 Å². The summed E-state index contributed by atoms with van der Waals surface area (Å²) in [6.45, 7) is 4.91. The van der Waals surface area contributed by atoms with E-state index in [2.05, 4.69) is 20.7 Å². The van der Waals surface area contributed by atoms with Crippen LogP contribution >= 0.6 is 24.0 Å². The number of hydrogen-bond donors (Lipinski definition) is 2. The highest BCUT2D eigenvalue weighted by Gasteiger charge is 2.20. The molecule has 1 aromatic heterocycles. The topological polar surface area (TPSA) is 72.7 Å². The highest BCUT2D eigenvalue weighted by atomic mass is 127. The van der Waals surface area contributed by atoms with Gasteiger partial charge in [0.15, 0.2) is 17.5 Å². The van der Waals surface area contributed by atoms with Crippen molar-refractivity contribution in [3.63, 3.8) is 0 Å². The Labute approximate surface area is 171 Å². The van der Waals surface area contributed by atoms with Crippen molar-refractivity contribution in [1.29, 1.82) is 0 Å². The number of aryl methyl sites for hydroxylation is 2. The zero-order chi connectivity index (χ0) is 17.5. The molecule has 3 rings (SSSR count). The van der Waals surface area contributed by atoms with Gasteiger partial charge in [-0.05, 0) is 31.0 Å². The summed E-state index contributed by atoms with van der Waals surface area (Å²) in [6.07, 6.45) is 4.85. The van der Waals surface area contributed by atoms with Crippen LogP contribution in [0.2, 0.25) is 0 Å². The van der Waals surface area contributed by atoms with Crippen LogP contribution in [0.15, 0.2) is 41.7 Å². The monoisotopic (exact) mass is 471 g/mol. The molecule has 0 saturated carbocycles. The number of guanidine groups is 1. The second-order valence-corrected chi connectivity index (χ2v) is 6.01. The predicted octanol–water partition coefficient (Wildman–Crippen LogP) is 2.20. The van der Waals surface area contributed by atoms with Crippen LogP contribution in [0.3, 0.4) is 0 Å². The van der Waals surface area contributed by atoms with Crippen LogP contribution in [0.1, 0.15) is 12.0 Å². The summed E-state index contributed by atoms with van der Waals surface area (Å²) in [5.74, 6) is 2.35. The van der Waals surface area contributed by atoms with Crippen molar-refractivity contribution in [2.45, 2.75) is 26.0 Å². The number of aliphatic imine (C=N–C) groups is 1. The number of nitrogens with one attached hydrogen (secondary N) is 2. The molecule has 1 atom stereocenters. The van der Waals surface area contributed by atoms with E-state index in [9.17, 15) is 0 Å². The molecule has 1 unspecified atom stereocenters. The first-order valence-corrected chi connectivity index (χ1v) is 8.56. The van der Waals surface area contributed by atoms with Gasteiger partial charge in [0.2, 0.25) is 0 Å². The molecule has 1 aliphatic heterocycles. The third-order valence-electron chi connectivity index (χ3n) is 3.91. The summed E-state index contributed by atoms with van der Waals surface area (Å²) >= 11 is 0. The first-order chi connectivity index (χ1) is 12.2. The minimum Gasteiger partial charge on any atom is -0.486 e. The summed E-state index contributed by atoms with van der Waals surface area (Å²) in [5.41, 5.74) is 1.18. The summed E-state index contributed by atoms with van der Waals surface area (Å²) in [6, 6.07) is 7.73. The summed E-state index contributed by atoms with van der Waals surface area (Å²) in [7, 11) is 1.76. The molecule has 0 spiro atoms. The van der Waals surface area contributed by atoms with Crippen molar-refractivity contribution < 1.29 is 9.47 Å². The molecular formula is C18H26IN5O2. The van der Waals surface area contributed by atoms with E-state index in [1.165, 1.54) is 5.56 Å². The Morgan fingerprint density at radius 3 is 2.85 bits per heavy atom. The van der Waals surface area contributed by atoms with E-state index in [-0.39, 0.29) is 30.1 Å². The number of aromatic nitrogens is 2. The van der Waals surface area contributed by atoms with Gasteiger partial charge in [0.05, 0.1) is 12.7 Å². The number of nitrogens with zero attached hydrogens (tertiary/aromatic N) is 3. The molecule has 142 valence electrons. The lowest BCUT2D eigenvalue weighted by Crippen LogP contribution is -2.45. The molecule has 0 amide bonds. The smallest absolute Gasteiger partial charge is 0.191 e. The molecule has 0 saturated heterocycles. The predicted molar refractivity (Wildman–Crippen MR) is 113 cm³/mol. The molecule has 0 fully saturated rings. The number of rotatable bonds is 6. The van der Waals surface area contributed by atoms with Crippen molar-refractivity contribution in [3.05, 3.63) is 42.2 Å². The average Bonchev–Trinajstić information content (AvgIpc) is 3.06. The number of fused-ring (bicyclic) bond motifs is 1. The van der Waals surface area contributed by atoms with Crippen molar-refractivity contribution in [2.75, 3.05) is 26.7 Å². The van der Waals surface area contributed by atoms with Gasteiger partial charge < -0.3 is 20.1 Å². The number of para-hydroxylation sites is 2. The Hall–Kier alpha value is -1.97. The summed E-state index contributed by atoms with van der Waals surface area (Å²) in [5, 5.41) is 10.9. The number of ether oxygens (including phenoxy) is 2. The third-order valence-corrected chi connectivity index (χ3v) is 3.91. The highest BCUT2D eigenvalue weighted by molar-refractivity contribution is 14.0. The van der Waals surface area contributed by atoms with E-state index in [4.69, 9.17) is 9.47 Å². The van der Waals surface area contributed by atoms with Gasteiger partial charge in [0.1, 0.15) is 12.7 Å². The maximum atomic E-state index is 5.93. The Kier molecular flexibility index (Phi) is 8.02. The number of hydrogen-bond acceptors (Lipinski definition) is 4. The lowest BCUT2D eigenvalue weighted by atomic mass is 10.2. The first kappa shape index (κ1) is 20.3. The molecule has 7 nitrogen and oxygen atoms in total. The van der Waals surface area contributed by atoms with Crippen molar-refractivity contribution >= 4 is 29.9 Å². The van der Waals surface area contributed by atoms with Crippen LogP contribution in [-0.4, -0.2) is 48.6 Å². The van der Waals surface area contributed by atoms with E-state index in [0.717, 1.165) is 37.0 Å². The lowest BCUT2D eigenvalue weighted by Gasteiger charge is -2.27. The number of benzene rings is 1. The minimum atomic E-state index is -0.0412. The normalized spacial score (nSPS) is 15.9. The SMILES string of the molecule is CN=C(NCCCn1cc(C)cn1)NCC1COc2ccccc2O1.I. The lowest BCUT2D eigenvalue weighted by molar-refractivity contribution is 0.0936. The third kappa shape index (κ3) is 5.79. The van der Waals surface area contributed by atoms with Gasteiger partial charge in [-0.25, -0.2) is 0 Å². The number of halogens is 1. The molecular weight excluding hydrogens is 445 g/mol. The van der Waals surface area contributed by atoms with E-state index in [1.54, 1.807) is 7.05 Å². The van der Waals surface area contributed by atoms with E-state index in [1.807, 2.05) is 48.3 Å². The Morgan fingerprint density at radius 1 is 1.31 bits per heavy atom. The van der Waals surface area contributed by atoms with E-state index >= 15 is 0 Å². The fourth-order valence-electron chi connectivity index (χ4n) is 2.63. The Bertz CT molecular complexity index is 719. The highest BCUT2D eigenvalue weighted by Crippen LogP contribution is 2.30. The Morgan fingerprint density at radius 2 is 2.12 bits per heavy atom. The zero-order valence-corrected chi connectivity index (χ0v) is 17.5. The Balaban J connectivity index is 0.00000243. The molecule has 1 aliphatic rings. The van der Waals surface area contributed by atoms with Crippen LogP contribution in [-0.2, 0) is 6.54 Å². The maximum Gasteiger partial charge on any atom is 0.191 e. The molecule has 8 heteroatoms. The second-order valence-electron chi connectivity index (χ2n) is 6.01. The summed E-state index contributed by atoms with van der Waals surface area (Å²) in [4.78, 5) is 4.24. The fourth-order valence-corrected chi connectivity index (χ4v) is 2.63. The quantitative estimate of drug-likeness (QED) is 0.293. The molecule has 2 aromatic rings. The van der Waals surface area contributed by atoms with Gasteiger partial charge in [-0.2, -0.15) is 5.10 Å². The molecule has 0 radical (unpaired) electrons. The molecule has 2 N–H and O–H groups in total. The molecule has 2 heterocycles. The largest absolute Gasteiger partial charge is 0.486 e. The van der Waals surface area contributed by atoms with E-state index < -0.39 is 0 Å². The van der Waals surface area contributed by atoms with Crippen LogP contribution in [0.5, 0.6) is 11.5 Å². The van der Waals surface area contributed by atoms with Crippen molar-refractivity contribution in [1.82, 2.24) is 20.4 Å². The van der Waals surface area contributed by atoms with Crippen LogP contribution < -0.4 is 20.1 Å². The zero-order valence-electron chi connectivity index (χ0n) is 15.1. The van der Waals surface area contributed by atoms with Crippen LogP contribution in [0.4, 0.5) is 0 Å². The van der Waals surface area contributed by atoms with E-state index in [0.29, 0.717) is 13.2 Å².